The van der Waals surface area contributed by atoms with Crippen molar-refractivity contribution in [3.63, 3.8) is 0 Å². The zero-order valence-electron chi connectivity index (χ0n) is 12.7. The van der Waals surface area contributed by atoms with Gasteiger partial charge in [0.1, 0.15) is 0 Å². The first-order chi connectivity index (χ1) is 10.6. The van der Waals surface area contributed by atoms with E-state index in [9.17, 15) is 22.8 Å². The minimum Gasteiger partial charge on any atom is -0.480 e. The number of nitrogens with zero attached hydrogens (tertiary/aromatic N) is 1. The van der Waals surface area contributed by atoms with Gasteiger partial charge in [-0.05, 0) is 31.2 Å². The third-order valence-electron chi connectivity index (χ3n) is 2.83. The van der Waals surface area contributed by atoms with Crippen molar-refractivity contribution < 1.29 is 27.9 Å². The molecule has 0 atom stereocenters. The van der Waals surface area contributed by atoms with Crippen LogP contribution >= 0.6 is 24.0 Å². The zero-order valence-corrected chi connectivity index (χ0v) is 14.3. The Balaban J connectivity index is 0.00000529. The summed E-state index contributed by atoms with van der Waals surface area (Å²) < 4.78 is 38.0. The maximum absolute atomic E-state index is 12.7. The lowest BCUT2D eigenvalue weighted by Crippen LogP contribution is -2.37. The summed E-state index contributed by atoms with van der Waals surface area (Å²) in [6.07, 6.45) is -3.92. The highest BCUT2D eigenvalue weighted by Crippen LogP contribution is 2.33. The molecular formula is C14H17Cl2F3N2O3. The summed E-state index contributed by atoms with van der Waals surface area (Å²) in [5.74, 6) is -1.73. The van der Waals surface area contributed by atoms with Crippen LogP contribution in [-0.4, -0.2) is 41.5 Å². The first-order valence-corrected chi connectivity index (χ1v) is 7.12. The fraction of sp³-hybridized carbons (Fsp3) is 0.429. The molecule has 0 bridgehead atoms. The van der Waals surface area contributed by atoms with Gasteiger partial charge >= 0.3 is 12.1 Å². The minimum atomic E-state index is -4.55. The summed E-state index contributed by atoms with van der Waals surface area (Å²) in [6.45, 7) is 1.59. The number of aliphatic carboxylic acids is 1. The fourth-order valence-corrected chi connectivity index (χ4v) is 2.08. The van der Waals surface area contributed by atoms with E-state index in [1.165, 1.54) is 4.90 Å². The van der Waals surface area contributed by atoms with Crippen LogP contribution in [-0.2, 0) is 15.8 Å². The van der Waals surface area contributed by atoms with E-state index in [2.05, 4.69) is 5.32 Å². The molecule has 24 heavy (non-hydrogen) atoms. The smallest absolute Gasteiger partial charge is 0.416 e. The van der Waals surface area contributed by atoms with Crippen LogP contribution in [0.4, 0.5) is 18.9 Å². The molecule has 0 aliphatic heterocycles. The van der Waals surface area contributed by atoms with Crippen molar-refractivity contribution in [2.75, 3.05) is 25.0 Å². The van der Waals surface area contributed by atoms with Crippen LogP contribution in [0.15, 0.2) is 18.2 Å². The molecule has 10 heteroatoms. The van der Waals surface area contributed by atoms with E-state index in [-0.39, 0.29) is 36.2 Å². The Labute approximate surface area is 148 Å². The summed E-state index contributed by atoms with van der Waals surface area (Å²) in [5.41, 5.74) is -1.11. The molecule has 0 saturated carbocycles. The molecule has 1 rings (SSSR count). The summed E-state index contributed by atoms with van der Waals surface area (Å²) in [4.78, 5) is 24.0. The lowest BCUT2D eigenvalue weighted by Gasteiger charge is -2.19. The number of anilines is 1. The monoisotopic (exact) mass is 388 g/mol. The Kier molecular flexibility index (Phi) is 9.09. The molecule has 0 fully saturated rings. The second-order valence-electron chi connectivity index (χ2n) is 4.84. The van der Waals surface area contributed by atoms with Crippen molar-refractivity contribution >= 4 is 41.6 Å². The number of benzene rings is 1. The van der Waals surface area contributed by atoms with Crippen molar-refractivity contribution in [1.82, 2.24) is 4.90 Å². The summed E-state index contributed by atoms with van der Waals surface area (Å²) in [7, 11) is 0. The largest absolute Gasteiger partial charge is 0.480 e. The Morgan fingerprint density at radius 3 is 2.42 bits per heavy atom. The average molecular weight is 389 g/mol. The molecule has 0 saturated heterocycles. The molecule has 0 aromatic heterocycles. The molecule has 0 heterocycles. The van der Waals surface area contributed by atoms with Gasteiger partial charge in [0.15, 0.2) is 0 Å². The number of carbonyl (C=O) groups is 2. The van der Waals surface area contributed by atoms with Crippen molar-refractivity contribution in [3.05, 3.63) is 28.8 Å². The lowest BCUT2D eigenvalue weighted by atomic mass is 10.2. The van der Waals surface area contributed by atoms with Gasteiger partial charge in [0, 0.05) is 0 Å². The Bertz CT molecular complexity index is 583. The molecule has 0 aliphatic rings. The van der Waals surface area contributed by atoms with Gasteiger partial charge in [-0.15, -0.1) is 12.4 Å². The van der Waals surface area contributed by atoms with Crippen molar-refractivity contribution in [2.24, 2.45) is 0 Å². The molecular weight excluding hydrogens is 372 g/mol. The van der Waals surface area contributed by atoms with Crippen LogP contribution in [0.25, 0.3) is 0 Å². The average Bonchev–Trinajstić information content (AvgIpc) is 2.39. The molecule has 0 unspecified atom stereocenters. The molecule has 1 amide bonds. The van der Waals surface area contributed by atoms with E-state index < -0.39 is 23.6 Å². The topological polar surface area (TPSA) is 69.6 Å². The van der Waals surface area contributed by atoms with E-state index in [0.29, 0.717) is 13.0 Å². The number of rotatable bonds is 7. The van der Waals surface area contributed by atoms with Crippen LogP contribution in [0.1, 0.15) is 18.9 Å². The Morgan fingerprint density at radius 1 is 1.29 bits per heavy atom. The number of nitrogens with one attached hydrogen (secondary N) is 1. The van der Waals surface area contributed by atoms with Crippen LogP contribution in [0.5, 0.6) is 0 Å². The van der Waals surface area contributed by atoms with Gasteiger partial charge < -0.3 is 10.4 Å². The SMILES string of the molecule is CCCN(CC(=O)O)CC(=O)Nc1cc(C(F)(F)F)ccc1Cl.Cl. The van der Waals surface area contributed by atoms with E-state index in [1.54, 1.807) is 0 Å². The third-order valence-corrected chi connectivity index (χ3v) is 3.16. The summed E-state index contributed by atoms with van der Waals surface area (Å²) >= 11 is 5.78. The van der Waals surface area contributed by atoms with Crippen LogP contribution in [0, 0.1) is 0 Å². The van der Waals surface area contributed by atoms with Crippen LogP contribution in [0.3, 0.4) is 0 Å². The predicted molar refractivity (Wildman–Crippen MR) is 86.7 cm³/mol. The molecule has 5 nitrogen and oxygen atoms in total. The van der Waals surface area contributed by atoms with Gasteiger partial charge in [0.2, 0.25) is 5.91 Å². The Hall–Kier alpha value is -1.51. The van der Waals surface area contributed by atoms with Gasteiger partial charge in [-0.3, -0.25) is 14.5 Å². The number of carboxylic acids is 1. The van der Waals surface area contributed by atoms with Crippen molar-refractivity contribution in [3.8, 4) is 0 Å². The minimum absolute atomic E-state index is 0. The van der Waals surface area contributed by atoms with E-state index in [0.717, 1.165) is 18.2 Å². The molecule has 1 aromatic carbocycles. The number of hydrogen-bond donors (Lipinski definition) is 2. The number of halogens is 5. The van der Waals surface area contributed by atoms with Gasteiger partial charge in [-0.1, -0.05) is 18.5 Å². The summed E-state index contributed by atoms with van der Waals surface area (Å²) in [6, 6.07) is 2.59. The van der Waals surface area contributed by atoms with Crippen LogP contribution < -0.4 is 5.32 Å². The van der Waals surface area contributed by atoms with Crippen LogP contribution in [0.2, 0.25) is 5.02 Å². The molecule has 0 radical (unpaired) electrons. The second-order valence-corrected chi connectivity index (χ2v) is 5.25. The van der Waals surface area contributed by atoms with Gasteiger partial charge in [0.25, 0.3) is 0 Å². The predicted octanol–water partition coefficient (Wildman–Crippen LogP) is 3.52. The van der Waals surface area contributed by atoms with Crippen molar-refractivity contribution in [1.29, 1.82) is 0 Å². The van der Waals surface area contributed by atoms with E-state index >= 15 is 0 Å². The van der Waals surface area contributed by atoms with E-state index in [4.69, 9.17) is 16.7 Å². The molecule has 0 aliphatic carbocycles. The number of carbonyl (C=O) groups excluding carboxylic acids is 1. The number of amides is 1. The zero-order chi connectivity index (χ0) is 17.6. The number of hydrogen-bond acceptors (Lipinski definition) is 3. The highest BCUT2D eigenvalue weighted by Gasteiger charge is 2.31. The third kappa shape index (κ3) is 7.37. The van der Waals surface area contributed by atoms with Gasteiger partial charge in [-0.2, -0.15) is 13.2 Å². The highest BCUT2D eigenvalue weighted by atomic mass is 35.5. The first kappa shape index (κ1) is 22.5. The van der Waals surface area contributed by atoms with Gasteiger partial charge in [-0.25, -0.2) is 0 Å². The maximum Gasteiger partial charge on any atom is 0.416 e. The van der Waals surface area contributed by atoms with Crippen molar-refractivity contribution in [2.45, 2.75) is 19.5 Å². The van der Waals surface area contributed by atoms with Gasteiger partial charge in [0.05, 0.1) is 29.4 Å². The van der Waals surface area contributed by atoms with E-state index in [1.807, 2.05) is 6.92 Å². The lowest BCUT2D eigenvalue weighted by molar-refractivity contribution is -0.139. The number of alkyl halides is 3. The Morgan fingerprint density at radius 2 is 1.92 bits per heavy atom. The molecule has 136 valence electrons. The fourth-order valence-electron chi connectivity index (χ4n) is 1.91. The first-order valence-electron chi connectivity index (χ1n) is 6.74. The molecule has 0 spiro atoms. The molecule has 2 N–H and O–H groups in total. The summed E-state index contributed by atoms with van der Waals surface area (Å²) in [5, 5.41) is 11.0. The standard InChI is InChI=1S/C14H16ClF3N2O3.ClH/c1-2-5-20(8-13(22)23)7-12(21)19-11-6-9(14(16,17)18)3-4-10(11)15;/h3-4,6H,2,5,7-8H2,1H3,(H,19,21)(H,22,23);1H. The normalized spacial score (nSPS) is 11.1. The molecule has 1 aromatic rings. The highest BCUT2D eigenvalue weighted by molar-refractivity contribution is 6.33. The number of carboxylic acid groups (broad SMARTS) is 1. The quantitative estimate of drug-likeness (QED) is 0.749. The maximum atomic E-state index is 12.7. The second kappa shape index (κ2) is 9.71.